The van der Waals surface area contributed by atoms with E-state index >= 15 is 0 Å². The lowest BCUT2D eigenvalue weighted by Gasteiger charge is -2.17. The van der Waals surface area contributed by atoms with Crippen molar-refractivity contribution in [2.24, 2.45) is 0 Å². The van der Waals surface area contributed by atoms with Gasteiger partial charge in [-0.05, 0) is 48.6 Å². The SMILES string of the molecule is Cc1ccccc1[C@H]1CCN(CCNC(=O)Cc2c[nH]c3ccccc23)C1. The van der Waals surface area contributed by atoms with Crippen LogP contribution >= 0.6 is 0 Å². The average molecular weight is 361 g/mol. The van der Waals surface area contributed by atoms with Crippen LogP contribution in [0.25, 0.3) is 10.9 Å². The summed E-state index contributed by atoms with van der Waals surface area (Å²) in [5.41, 5.74) is 5.00. The van der Waals surface area contributed by atoms with Gasteiger partial charge in [0.1, 0.15) is 0 Å². The summed E-state index contributed by atoms with van der Waals surface area (Å²) in [6.45, 7) is 6.02. The van der Waals surface area contributed by atoms with Crippen molar-refractivity contribution in [2.45, 2.75) is 25.7 Å². The van der Waals surface area contributed by atoms with Crippen molar-refractivity contribution in [3.63, 3.8) is 0 Å². The molecule has 0 aliphatic carbocycles. The van der Waals surface area contributed by atoms with Gasteiger partial charge in [0.05, 0.1) is 6.42 Å². The lowest BCUT2D eigenvalue weighted by molar-refractivity contribution is -0.120. The smallest absolute Gasteiger partial charge is 0.224 e. The molecule has 2 aromatic carbocycles. The van der Waals surface area contributed by atoms with E-state index in [0.717, 1.165) is 36.1 Å². The number of amides is 1. The quantitative estimate of drug-likeness (QED) is 0.704. The Labute approximate surface area is 160 Å². The molecule has 0 bridgehead atoms. The summed E-state index contributed by atoms with van der Waals surface area (Å²) in [6.07, 6.45) is 3.57. The van der Waals surface area contributed by atoms with Crippen molar-refractivity contribution >= 4 is 16.8 Å². The number of nitrogens with one attached hydrogen (secondary N) is 2. The van der Waals surface area contributed by atoms with Crippen LogP contribution in [0.1, 0.15) is 29.0 Å². The number of hydrogen-bond acceptors (Lipinski definition) is 2. The van der Waals surface area contributed by atoms with E-state index in [-0.39, 0.29) is 5.91 Å². The van der Waals surface area contributed by atoms with E-state index in [2.05, 4.69) is 52.5 Å². The zero-order valence-corrected chi connectivity index (χ0v) is 15.9. The third-order valence-corrected chi connectivity index (χ3v) is 5.68. The van der Waals surface area contributed by atoms with Gasteiger partial charge in [-0.1, -0.05) is 42.5 Å². The van der Waals surface area contributed by atoms with Crippen LogP contribution in [0.5, 0.6) is 0 Å². The second kappa shape index (κ2) is 7.97. The van der Waals surface area contributed by atoms with Gasteiger partial charge in [-0.3, -0.25) is 4.79 Å². The fourth-order valence-electron chi connectivity index (χ4n) is 4.20. The predicted octanol–water partition coefficient (Wildman–Crippen LogP) is 3.62. The number of carbonyl (C=O) groups is 1. The number of benzene rings is 2. The van der Waals surface area contributed by atoms with Gasteiger partial charge in [0.15, 0.2) is 0 Å². The molecule has 1 atom stereocenters. The van der Waals surface area contributed by atoms with Crippen LogP contribution in [-0.4, -0.2) is 42.0 Å². The lowest BCUT2D eigenvalue weighted by atomic mass is 9.94. The number of likely N-dealkylation sites (tertiary alicyclic amines) is 1. The van der Waals surface area contributed by atoms with E-state index in [4.69, 9.17) is 0 Å². The minimum atomic E-state index is 0.0920. The number of aromatic nitrogens is 1. The Kier molecular flexibility index (Phi) is 5.26. The first-order chi connectivity index (χ1) is 13.2. The molecule has 1 saturated heterocycles. The van der Waals surface area contributed by atoms with E-state index in [9.17, 15) is 4.79 Å². The van der Waals surface area contributed by atoms with Crippen LogP contribution < -0.4 is 5.32 Å². The fourth-order valence-corrected chi connectivity index (χ4v) is 4.20. The highest BCUT2D eigenvalue weighted by Gasteiger charge is 2.24. The first-order valence-corrected chi connectivity index (χ1v) is 9.80. The molecule has 0 spiro atoms. The molecule has 0 saturated carbocycles. The molecule has 4 heteroatoms. The van der Waals surface area contributed by atoms with E-state index < -0.39 is 0 Å². The maximum Gasteiger partial charge on any atom is 0.224 e. The van der Waals surface area contributed by atoms with Crippen LogP contribution in [-0.2, 0) is 11.2 Å². The summed E-state index contributed by atoms with van der Waals surface area (Å²) in [6, 6.07) is 16.8. The third kappa shape index (κ3) is 4.06. The molecule has 0 radical (unpaired) electrons. The third-order valence-electron chi connectivity index (χ3n) is 5.68. The van der Waals surface area contributed by atoms with E-state index in [1.807, 2.05) is 24.4 Å². The number of H-pyrrole nitrogens is 1. The minimum absolute atomic E-state index is 0.0920. The Morgan fingerprint density at radius 2 is 2.00 bits per heavy atom. The van der Waals surface area contributed by atoms with E-state index in [1.165, 1.54) is 17.5 Å². The standard InChI is InChI=1S/C23H27N3O/c1-17-6-2-3-7-20(17)18-10-12-26(16-18)13-11-24-23(27)14-19-15-25-22-9-5-4-8-21(19)22/h2-9,15,18,25H,10-14,16H2,1H3,(H,24,27)/t18-/m0/s1. The van der Waals surface area contributed by atoms with Crippen molar-refractivity contribution in [1.29, 1.82) is 0 Å². The first-order valence-electron chi connectivity index (χ1n) is 9.80. The van der Waals surface area contributed by atoms with Crippen LogP contribution in [0.4, 0.5) is 0 Å². The Hall–Kier alpha value is -2.59. The van der Waals surface area contributed by atoms with Gasteiger partial charge in [0.2, 0.25) is 5.91 Å². The first kappa shape index (κ1) is 17.8. The second-order valence-electron chi connectivity index (χ2n) is 7.53. The zero-order chi connectivity index (χ0) is 18.6. The molecule has 0 unspecified atom stereocenters. The largest absolute Gasteiger partial charge is 0.361 e. The zero-order valence-electron chi connectivity index (χ0n) is 15.9. The van der Waals surface area contributed by atoms with E-state index in [0.29, 0.717) is 18.9 Å². The molecule has 1 amide bonds. The molecule has 140 valence electrons. The molecule has 4 rings (SSSR count). The fraction of sp³-hybridized carbons (Fsp3) is 0.348. The normalized spacial score (nSPS) is 17.4. The van der Waals surface area contributed by atoms with Crippen molar-refractivity contribution in [3.05, 3.63) is 71.4 Å². The van der Waals surface area contributed by atoms with Crippen molar-refractivity contribution in [1.82, 2.24) is 15.2 Å². The molecular formula is C23H27N3O. The Morgan fingerprint density at radius 1 is 1.19 bits per heavy atom. The van der Waals surface area contributed by atoms with Gasteiger partial charge in [-0.15, -0.1) is 0 Å². The monoisotopic (exact) mass is 361 g/mol. The summed E-state index contributed by atoms with van der Waals surface area (Å²) < 4.78 is 0. The predicted molar refractivity (Wildman–Crippen MR) is 110 cm³/mol. The highest BCUT2D eigenvalue weighted by atomic mass is 16.1. The molecule has 2 heterocycles. The summed E-state index contributed by atoms with van der Waals surface area (Å²) in [5, 5.41) is 4.22. The average Bonchev–Trinajstić information content (AvgIpc) is 3.30. The summed E-state index contributed by atoms with van der Waals surface area (Å²) in [7, 11) is 0. The maximum atomic E-state index is 12.3. The number of carbonyl (C=O) groups excluding carboxylic acids is 1. The second-order valence-corrected chi connectivity index (χ2v) is 7.53. The van der Waals surface area contributed by atoms with Crippen LogP contribution in [0.3, 0.4) is 0 Å². The van der Waals surface area contributed by atoms with Gasteiger partial charge in [0, 0.05) is 36.7 Å². The van der Waals surface area contributed by atoms with Crippen molar-refractivity contribution in [3.8, 4) is 0 Å². The van der Waals surface area contributed by atoms with Crippen LogP contribution in [0.15, 0.2) is 54.7 Å². The van der Waals surface area contributed by atoms with Gasteiger partial charge < -0.3 is 15.2 Å². The molecule has 27 heavy (non-hydrogen) atoms. The van der Waals surface area contributed by atoms with E-state index in [1.54, 1.807) is 0 Å². The number of aryl methyl sites for hydroxylation is 1. The van der Waals surface area contributed by atoms with Gasteiger partial charge in [-0.2, -0.15) is 0 Å². The molecule has 4 nitrogen and oxygen atoms in total. The molecule has 2 N–H and O–H groups in total. The topological polar surface area (TPSA) is 48.1 Å². The van der Waals surface area contributed by atoms with Gasteiger partial charge in [0.25, 0.3) is 0 Å². The molecular weight excluding hydrogens is 334 g/mol. The number of hydrogen-bond donors (Lipinski definition) is 2. The Balaban J connectivity index is 1.24. The number of rotatable bonds is 6. The molecule has 1 aliphatic rings. The highest BCUT2D eigenvalue weighted by Crippen LogP contribution is 2.28. The number of fused-ring (bicyclic) bond motifs is 1. The molecule has 3 aromatic rings. The number of nitrogens with zero attached hydrogens (tertiary/aromatic N) is 1. The Bertz CT molecular complexity index is 930. The molecule has 1 aliphatic heterocycles. The minimum Gasteiger partial charge on any atom is -0.361 e. The maximum absolute atomic E-state index is 12.3. The number of aromatic amines is 1. The van der Waals surface area contributed by atoms with Crippen molar-refractivity contribution in [2.75, 3.05) is 26.2 Å². The molecule has 1 fully saturated rings. The number of para-hydroxylation sites is 1. The van der Waals surface area contributed by atoms with Crippen molar-refractivity contribution < 1.29 is 4.79 Å². The van der Waals surface area contributed by atoms with Crippen LogP contribution in [0.2, 0.25) is 0 Å². The highest BCUT2D eigenvalue weighted by molar-refractivity contribution is 5.88. The van der Waals surface area contributed by atoms with Gasteiger partial charge >= 0.3 is 0 Å². The summed E-state index contributed by atoms with van der Waals surface area (Å²) in [5.74, 6) is 0.711. The summed E-state index contributed by atoms with van der Waals surface area (Å²) >= 11 is 0. The summed E-state index contributed by atoms with van der Waals surface area (Å²) in [4.78, 5) is 18.0. The van der Waals surface area contributed by atoms with Crippen LogP contribution in [0, 0.1) is 6.92 Å². The molecule has 1 aromatic heterocycles. The van der Waals surface area contributed by atoms with Gasteiger partial charge in [-0.25, -0.2) is 0 Å². The Morgan fingerprint density at radius 3 is 2.89 bits per heavy atom. The lowest BCUT2D eigenvalue weighted by Crippen LogP contribution is -2.34.